The van der Waals surface area contributed by atoms with Gasteiger partial charge in [0.2, 0.25) is 5.91 Å². The van der Waals surface area contributed by atoms with Crippen molar-refractivity contribution in [1.82, 2.24) is 4.90 Å². The molecule has 3 atom stereocenters. The van der Waals surface area contributed by atoms with Crippen molar-refractivity contribution < 1.29 is 14.3 Å². The molecule has 0 radical (unpaired) electrons. The van der Waals surface area contributed by atoms with Gasteiger partial charge in [-0.25, -0.2) is 0 Å². The highest BCUT2D eigenvalue weighted by molar-refractivity contribution is 5.79. The van der Waals surface area contributed by atoms with Gasteiger partial charge in [-0.3, -0.25) is 9.59 Å². The lowest BCUT2D eigenvalue weighted by Crippen LogP contribution is -2.38. The molecule has 3 aliphatic rings. The number of carbonyl (C=O) groups excluding carboxylic acids is 2. The van der Waals surface area contributed by atoms with E-state index in [4.69, 9.17) is 4.74 Å². The Labute approximate surface area is 88.6 Å². The van der Waals surface area contributed by atoms with Gasteiger partial charge < -0.3 is 9.64 Å². The van der Waals surface area contributed by atoms with Gasteiger partial charge in [0.25, 0.3) is 0 Å². The molecular weight excluding hydrogens is 194 g/mol. The summed E-state index contributed by atoms with van der Waals surface area (Å²) in [5.74, 6) is 0.456. The molecule has 0 N–H and O–H groups in total. The topological polar surface area (TPSA) is 46.6 Å². The normalized spacial score (nSPS) is 39.7. The van der Waals surface area contributed by atoms with Gasteiger partial charge in [0, 0.05) is 24.9 Å². The van der Waals surface area contributed by atoms with Gasteiger partial charge in [0.1, 0.15) is 6.10 Å². The first kappa shape index (κ1) is 9.19. The van der Waals surface area contributed by atoms with Gasteiger partial charge in [-0.15, -0.1) is 0 Å². The maximum Gasteiger partial charge on any atom is 0.306 e. The molecule has 3 heterocycles. The third kappa shape index (κ3) is 1.34. The minimum Gasteiger partial charge on any atom is -0.462 e. The number of carbonyl (C=O) groups is 2. The third-order valence-corrected chi connectivity index (χ3v) is 3.92. The molecule has 3 aliphatic heterocycles. The van der Waals surface area contributed by atoms with Crippen LogP contribution in [0.3, 0.4) is 0 Å². The van der Waals surface area contributed by atoms with Crippen molar-refractivity contribution >= 4 is 11.9 Å². The van der Waals surface area contributed by atoms with E-state index in [1.807, 2.05) is 4.90 Å². The molecule has 0 saturated carbocycles. The zero-order valence-electron chi connectivity index (χ0n) is 8.65. The average molecular weight is 209 g/mol. The van der Waals surface area contributed by atoms with E-state index in [-0.39, 0.29) is 29.9 Å². The second-order valence-electron chi connectivity index (χ2n) is 4.73. The quantitative estimate of drug-likeness (QED) is 0.552. The third-order valence-electron chi connectivity index (χ3n) is 3.92. The summed E-state index contributed by atoms with van der Waals surface area (Å²) in [4.78, 5) is 24.9. The molecule has 0 aromatic carbocycles. The maximum atomic E-state index is 11.6. The van der Waals surface area contributed by atoms with Crippen LogP contribution in [0, 0.1) is 5.92 Å². The van der Waals surface area contributed by atoms with E-state index in [0.717, 1.165) is 25.8 Å². The lowest BCUT2D eigenvalue weighted by atomic mass is 9.90. The molecule has 0 unspecified atom stereocenters. The SMILES string of the molecule is O=C1C[C@@H]2[C@H](CCCN3C(=O)CC[C@H]23)O1. The first-order valence-corrected chi connectivity index (χ1v) is 5.74. The fraction of sp³-hybridized carbons (Fsp3) is 0.818. The summed E-state index contributed by atoms with van der Waals surface area (Å²) in [6, 6.07) is 0.274. The van der Waals surface area contributed by atoms with Gasteiger partial charge in [-0.1, -0.05) is 0 Å². The first-order valence-electron chi connectivity index (χ1n) is 5.74. The van der Waals surface area contributed by atoms with Crippen molar-refractivity contribution in [1.29, 1.82) is 0 Å². The molecule has 0 spiro atoms. The van der Waals surface area contributed by atoms with Crippen LogP contribution in [0.15, 0.2) is 0 Å². The summed E-state index contributed by atoms with van der Waals surface area (Å²) in [7, 11) is 0. The lowest BCUT2D eigenvalue weighted by Gasteiger charge is -2.27. The van der Waals surface area contributed by atoms with Crippen LogP contribution in [0.25, 0.3) is 0 Å². The van der Waals surface area contributed by atoms with Crippen molar-refractivity contribution in [3.63, 3.8) is 0 Å². The van der Waals surface area contributed by atoms with Gasteiger partial charge in [0.15, 0.2) is 0 Å². The summed E-state index contributed by atoms with van der Waals surface area (Å²) in [5.41, 5.74) is 0. The molecule has 0 bridgehead atoms. The minimum absolute atomic E-state index is 0.0776. The van der Waals surface area contributed by atoms with Gasteiger partial charge in [-0.2, -0.15) is 0 Å². The van der Waals surface area contributed by atoms with Gasteiger partial charge >= 0.3 is 5.97 Å². The van der Waals surface area contributed by atoms with Crippen molar-refractivity contribution in [2.45, 2.75) is 44.2 Å². The number of rotatable bonds is 0. The molecule has 3 fully saturated rings. The second kappa shape index (κ2) is 3.22. The molecule has 4 nitrogen and oxygen atoms in total. The zero-order chi connectivity index (χ0) is 10.4. The summed E-state index contributed by atoms with van der Waals surface area (Å²) in [6.07, 6.45) is 4.06. The van der Waals surface area contributed by atoms with Crippen LogP contribution < -0.4 is 0 Å². The van der Waals surface area contributed by atoms with Crippen LogP contribution >= 0.6 is 0 Å². The van der Waals surface area contributed by atoms with E-state index < -0.39 is 0 Å². The number of fused-ring (bicyclic) bond motifs is 3. The standard InChI is InChI=1S/C11H15NO3/c13-10-4-3-8-7-6-11(14)15-9(7)2-1-5-12(8)10/h7-9H,1-6H2/t7-,8+,9-/m0/s1. The Balaban J connectivity index is 1.87. The number of amides is 1. The van der Waals surface area contributed by atoms with Crippen molar-refractivity contribution in [3.8, 4) is 0 Å². The Morgan fingerprint density at radius 3 is 3.00 bits per heavy atom. The van der Waals surface area contributed by atoms with E-state index in [1.54, 1.807) is 0 Å². The smallest absolute Gasteiger partial charge is 0.306 e. The Bertz CT molecular complexity index is 315. The molecule has 1 amide bonds. The number of esters is 1. The fourth-order valence-electron chi connectivity index (χ4n) is 3.24. The van der Waals surface area contributed by atoms with Crippen LogP contribution in [0.4, 0.5) is 0 Å². The van der Waals surface area contributed by atoms with E-state index in [2.05, 4.69) is 0 Å². The Hall–Kier alpha value is -1.06. The van der Waals surface area contributed by atoms with Crippen LogP contribution in [-0.4, -0.2) is 35.5 Å². The largest absolute Gasteiger partial charge is 0.462 e. The van der Waals surface area contributed by atoms with Crippen LogP contribution in [0.5, 0.6) is 0 Å². The predicted octanol–water partition coefficient (Wildman–Crippen LogP) is 0.703. The van der Waals surface area contributed by atoms with Crippen LogP contribution in [-0.2, 0) is 14.3 Å². The van der Waals surface area contributed by atoms with E-state index >= 15 is 0 Å². The molecule has 82 valence electrons. The molecule has 3 saturated heterocycles. The van der Waals surface area contributed by atoms with Crippen LogP contribution in [0.1, 0.15) is 32.1 Å². The Morgan fingerprint density at radius 1 is 1.27 bits per heavy atom. The minimum atomic E-state index is -0.0776. The molecule has 0 aliphatic carbocycles. The number of hydrogen-bond acceptors (Lipinski definition) is 3. The molecule has 4 heteroatoms. The Kier molecular flexibility index (Phi) is 1.97. The van der Waals surface area contributed by atoms with E-state index in [0.29, 0.717) is 12.8 Å². The molecule has 0 aromatic rings. The van der Waals surface area contributed by atoms with E-state index in [9.17, 15) is 9.59 Å². The maximum absolute atomic E-state index is 11.6. The summed E-state index contributed by atoms with van der Waals surface area (Å²) in [6.45, 7) is 0.855. The van der Waals surface area contributed by atoms with Gasteiger partial charge in [0.05, 0.1) is 6.42 Å². The summed E-state index contributed by atoms with van der Waals surface area (Å²) < 4.78 is 5.31. The van der Waals surface area contributed by atoms with Gasteiger partial charge in [-0.05, 0) is 19.3 Å². The zero-order valence-corrected chi connectivity index (χ0v) is 8.65. The lowest BCUT2D eigenvalue weighted by molar-refractivity contribution is -0.141. The monoisotopic (exact) mass is 209 g/mol. The summed E-state index contributed by atoms with van der Waals surface area (Å²) in [5, 5.41) is 0. The van der Waals surface area contributed by atoms with Crippen molar-refractivity contribution in [2.24, 2.45) is 5.92 Å². The van der Waals surface area contributed by atoms with Crippen molar-refractivity contribution in [2.75, 3.05) is 6.54 Å². The molecule has 0 aromatic heterocycles. The molecular formula is C11H15NO3. The number of hydrogen-bond donors (Lipinski definition) is 0. The van der Waals surface area contributed by atoms with E-state index in [1.165, 1.54) is 0 Å². The first-order chi connectivity index (χ1) is 7.25. The molecule has 15 heavy (non-hydrogen) atoms. The fourth-order valence-corrected chi connectivity index (χ4v) is 3.24. The highest BCUT2D eigenvalue weighted by Gasteiger charge is 2.47. The highest BCUT2D eigenvalue weighted by Crippen LogP contribution is 2.38. The second-order valence-corrected chi connectivity index (χ2v) is 4.73. The average Bonchev–Trinajstić information content (AvgIpc) is 2.68. The number of ether oxygens (including phenoxy) is 1. The molecule has 3 rings (SSSR count). The predicted molar refractivity (Wildman–Crippen MR) is 52.0 cm³/mol. The van der Waals surface area contributed by atoms with Crippen LogP contribution in [0.2, 0.25) is 0 Å². The Morgan fingerprint density at radius 2 is 2.13 bits per heavy atom. The highest BCUT2D eigenvalue weighted by atomic mass is 16.5. The van der Waals surface area contributed by atoms with Crippen molar-refractivity contribution in [3.05, 3.63) is 0 Å². The summed E-state index contributed by atoms with van der Waals surface area (Å²) >= 11 is 0. The number of nitrogens with zero attached hydrogens (tertiary/aromatic N) is 1.